The molecule has 4 nitrogen and oxygen atoms in total. The van der Waals surface area contributed by atoms with Gasteiger partial charge in [0.2, 0.25) is 0 Å². The quantitative estimate of drug-likeness (QED) is 0.909. The van der Waals surface area contributed by atoms with Crippen molar-refractivity contribution in [1.29, 1.82) is 5.26 Å². The van der Waals surface area contributed by atoms with Crippen LogP contribution in [0.2, 0.25) is 0 Å². The summed E-state index contributed by atoms with van der Waals surface area (Å²) >= 11 is 0. The summed E-state index contributed by atoms with van der Waals surface area (Å²) in [5, 5.41) is 25.5. The predicted molar refractivity (Wildman–Crippen MR) is 80.4 cm³/mol. The summed E-state index contributed by atoms with van der Waals surface area (Å²) in [5.74, 6) is 0.967. The largest absolute Gasteiger partial charge is 0.387 e. The van der Waals surface area contributed by atoms with Gasteiger partial charge in [-0.2, -0.15) is 10.4 Å². The summed E-state index contributed by atoms with van der Waals surface area (Å²) in [6.07, 6.45) is 5.43. The number of nitrogens with zero attached hydrogens (tertiary/aromatic N) is 3. The van der Waals surface area contributed by atoms with Crippen LogP contribution in [0.15, 0.2) is 6.20 Å². The van der Waals surface area contributed by atoms with Crippen molar-refractivity contribution in [2.75, 3.05) is 0 Å². The lowest BCUT2D eigenvalue weighted by Gasteiger charge is -2.36. The second kappa shape index (κ2) is 4.58. The van der Waals surface area contributed by atoms with Crippen molar-refractivity contribution < 1.29 is 5.11 Å². The summed E-state index contributed by atoms with van der Waals surface area (Å²) in [7, 11) is 1.88. The van der Waals surface area contributed by atoms with Crippen LogP contribution in [-0.4, -0.2) is 14.9 Å². The zero-order chi connectivity index (χ0) is 15.4. The zero-order valence-corrected chi connectivity index (χ0v) is 13.4. The highest BCUT2D eigenvalue weighted by atomic mass is 16.3. The third kappa shape index (κ3) is 2.10. The minimum Gasteiger partial charge on any atom is -0.387 e. The molecule has 0 spiro atoms. The van der Waals surface area contributed by atoms with Gasteiger partial charge < -0.3 is 5.11 Å². The lowest BCUT2D eigenvalue weighted by atomic mass is 9.68. The van der Waals surface area contributed by atoms with Crippen LogP contribution < -0.4 is 0 Å². The minimum atomic E-state index is -0.722. The van der Waals surface area contributed by atoms with Gasteiger partial charge in [0, 0.05) is 24.2 Å². The molecule has 2 saturated carbocycles. The maximum Gasteiger partial charge on any atom is 0.101 e. The van der Waals surface area contributed by atoms with Gasteiger partial charge in [-0.1, -0.05) is 27.2 Å². The van der Waals surface area contributed by atoms with Crippen LogP contribution in [0.1, 0.15) is 63.8 Å². The number of hydrogen-bond acceptors (Lipinski definition) is 3. The van der Waals surface area contributed by atoms with Crippen molar-refractivity contribution in [3.8, 4) is 6.07 Å². The molecule has 2 fully saturated rings. The van der Waals surface area contributed by atoms with Gasteiger partial charge in [0.1, 0.15) is 6.10 Å². The first-order valence-electron chi connectivity index (χ1n) is 7.91. The molecule has 1 aromatic heterocycles. The van der Waals surface area contributed by atoms with E-state index in [0.717, 1.165) is 30.5 Å². The number of nitriles is 1. The van der Waals surface area contributed by atoms with Gasteiger partial charge in [-0.05, 0) is 31.1 Å². The van der Waals surface area contributed by atoms with E-state index in [1.165, 1.54) is 6.42 Å². The van der Waals surface area contributed by atoms with Crippen molar-refractivity contribution in [2.45, 2.75) is 58.0 Å². The fourth-order valence-electron chi connectivity index (χ4n) is 4.47. The fraction of sp³-hybridized carbons (Fsp3) is 0.765. The Morgan fingerprint density at radius 3 is 2.67 bits per heavy atom. The third-order valence-corrected chi connectivity index (χ3v) is 5.45. The van der Waals surface area contributed by atoms with Crippen molar-refractivity contribution in [1.82, 2.24) is 9.78 Å². The number of aryl methyl sites for hydroxylation is 1. The Hall–Kier alpha value is -1.34. The predicted octanol–water partition coefficient (Wildman–Crippen LogP) is 3.08. The second-order valence-corrected chi connectivity index (χ2v) is 7.99. The van der Waals surface area contributed by atoms with Crippen LogP contribution in [-0.2, 0) is 12.5 Å². The maximum absolute atomic E-state index is 11.1. The van der Waals surface area contributed by atoms with Crippen LogP contribution >= 0.6 is 0 Å². The lowest BCUT2D eigenvalue weighted by molar-refractivity contribution is 0.0221. The first kappa shape index (κ1) is 14.6. The molecule has 4 heteroatoms. The molecule has 0 radical (unpaired) electrons. The Bertz CT molecular complexity index is 592. The molecule has 4 atom stereocenters. The van der Waals surface area contributed by atoms with Gasteiger partial charge >= 0.3 is 0 Å². The molecule has 1 N–H and O–H groups in total. The van der Waals surface area contributed by atoms with Gasteiger partial charge in [0.15, 0.2) is 0 Å². The molecule has 21 heavy (non-hydrogen) atoms. The summed E-state index contributed by atoms with van der Waals surface area (Å²) in [4.78, 5) is 0. The molecule has 3 rings (SSSR count). The van der Waals surface area contributed by atoms with Crippen molar-refractivity contribution in [3.63, 3.8) is 0 Å². The van der Waals surface area contributed by atoms with E-state index < -0.39 is 11.5 Å². The van der Waals surface area contributed by atoms with E-state index in [1.807, 2.05) is 13.2 Å². The smallest absolute Gasteiger partial charge is 0.101 e. The fourth-order valence-corrected chi connectivity index (χ4v) is 4.47. The number of aliphatic hydroxyl groups excluding tert-OH is 1. The summed E-state index contributed by atoms with van der Waals surface area (Å²) in [5.41, 5.74) is 1.02. The molecule has 0 amide bonds. The first-order chi connectivity index (χ1) is 9.78. The number of hydrogen-bond donors (Lipinski definition) is 1. The monoisotopic (exact) mass is 287 g/mol. The zero-order valence-electron chi connectivity index (χ0n) is 13.4. The molecular formula is C17H25N3O. The van der Waals surface area contributed by atoms with Crippen LogP contribution in [0, 0.1) is 28.6 Å². The number of aliphatic hydroxyl groups is 1. The molecule has 2 aliphatic rings. The van der Waals surface area contributed by atoms with Gasteiger partial charge in [-0.3, -0.25) is 4.68 Å². The van der Waals surface area contributed by atoms with E-state index in [9.17, 15) is 10.4 Å². The van der Waals surface area contributed by atoms with E-state index in [1.54, 1.807) is 4.68 Å². The molecule has 4 unspecified atom stereocenters. The van der Waals surface area contributed by atoms with E-state index in [-0.39, 0.29) is 5.41 Å². The van der Waals surface area contributed by atoms with E-state index in [2.05, 4.69) is 31.9 Å². The van der Waals surface area contributed by atoms with Crippen LogP contribution in [0.25, 0.3) is 0 Å². The highest BCUT2D eigenvalue weighted by Crippen LogP contribution is 2.61. The summed E-state index contributed by atoms with van der Waals surface area (Å²) in [6.45, 7) is 6.31. The molecule has 2 aliphatic carbocycles. The number of aromatic nitrogens is 2. The molecule has 114 valence electrons. The molecule has 0 saturated heterocycles. The van der Waals surface area contributed by atoms with Crippen molar-refractivity contribution >= 4 is 0 Å². The van der Waals surface area contributed by atoms with Crippen molar-refractivity contribution in [2.24, 2.45) is 24.3 Å². The Kier molecular flexibility index (Phi) is 3.18. The Labute approximate surface area is 126 Å². The molecule has 0 aliphatic heterocycles. The number of rotatable bonds is 2. The topological polar surface area (TPSA) is 61.8 Å². The van der Waals surface area contributed by atoms with E-state index in [0.29, 0.717) is 11.8 Å². The maximum atomic E-state index is 11.1. The minimum absolute atomic E-state index is 0.133. The number of fused-ring (bicyclic) bond motifs is 2. The van der Waals surface area contributed by atoms with Gasteiger partial charge in [0.25, 0.3) is 0 Å². The Morgan fingerprint density at radius 1 is 1.48 bits per heavy atom. The third-order valence-electron chi connectivity index (χ3n) is 5.45. The average molecular weight is 287 g/mol. The summed E-state index contributed by atoms with van der Waals surface area (Å²) in [6, 6.07) is 2.51. The van der Waals surface area contributed by atoms with Gasteiger partial charge in [-0.15, -0.1) is 0 Å². The highest BCUT2D eigenvalue weighted by molar-refractivity contribution is 5.31. The lowest BCUT2D eigenvalue weighted by Crippen LogP contribution is -2.34. The normalized spacial score (nSPS) is 33.1. The molecule has 1 heterocycles. The van der Waals surface area contributed by atoms with Crippen LogP contribution in [0.5, 0.6) is 0 Å². The van der Waals surface area contributed by atoms with Crippen LogP contribution in [0.4, 0.5) is 0 Å². The summed E-state index contributed by atoms with van der Waals surface area (Å²) < 4.78 is 1.76. The molecule has 2 bridgehead atoms. The SMILES string of the molecule is Cn1cc(C(O)C2(C#N)CC3CCC2C3)c(C(C)(C)C)n1. The average Bonchev–Trinajstić information content (AvgIpc) is 3.09. The van der Waals surface area contributed by atoms with Crippen molar-refractivity contribution in [3.05, 3.63) is 17.5 Å². The van der Waals surface area contributed by atoms with Gasteiger partial charge in [0.05, 0.1) is 17.2 Å². The second-order valence-electron chi connectivity index (χ2n) is 7.99. The van der Waals surface area contributed by atoms with Gasteiger partial charge in [-0.25, -0.2) is 0 Å². The Balaban J connectivity index is 2.03. The standard InChI is InChI=1S/C17H25N3O/c1-16(2,3)14-13(9-20(4)19-14)15(21)17(10-18)8-11-5-6-12(17)7-11/h9,11-12,15,21H,5-8H2,1-4H3. The van der Waals surface area contributed by atoms with E-state index in [4.69, 9.17) is 0 Å². The molecule has 0 aromatic carbocycles. The van der Waals surface area contributed by atoms with Crippen LogP contribution in [0.3, 0.4) is 0 Å². The highest BCUT2D eigenvalue weighted by Gasteiger charge is 2.56. The first-order valence-corrected chi connectivity index (χ1v) is 7.91. The molecular weight excluding hydrogens is 262 g/mol. The van der Waals surface area contributed by atoms with E-state index >= 15 is 0 Å². The Morgan fingerprint density at radius 2 is 2.19 bits per heavy atom. The molecule has 1 aromatic rings.